The number of halogens is 3. The van der Waals surface area contributed by atoms with Gasteiger partial charge in [0, 0.05) is 23.9 Å². The number of rotatable bonds is 7. The van der Waals surface area contributed by atoms with Gasteiger partial charge in [0.2, 0.25) is 0 Å². The number of para-hydroxylation sites is 1. The molecule has 21 heavy (non-hydrogen) atoms. The molecule has 0 aliphatic heterocycles. The summed E-state index contributed by atoms with van der Waals surface area (Å²) in [5.41, 5.74) is 6.24. The van der Waals surface area contributed by atoms with E-state index in [1.165, 1.54) is 12.1 Å². The largest absolute Gasteiger partial charge is 0.573 e. The number of hydrogen-bond donors (Lipinski definition) is 1. The molecule has 3 nitrogen and oxygen atoms in total. The number of nitrogens with zero attached hydrogens (tertiary/aromatic N) is 1. The molecule has 0 bridgehead atoms. The number of hydrogen-bond acceptors (Lipinski definition) is 4. The molecule has 1 aromatic rings. The van der Waals surface area contributed by atoms with Crippen LogP contribution in [-0.2, 0) is 0 Å². The van der Waals surface area contributed by atoms with Gasteiger partial charge >= 0.3 is 6.36 Å². The molecule has 7 heteroatoms. The molecule has 0 aliphatic carbocycles. The van der Waals surface area contributed by atoms with Gasteiger partial charge in [0.1, 0.15) is 5.75 Å². The molecule has 0 aliphatic rings. The summed E-state index contributed by atoms with van der Waals surface area (Å²) in [4.78, 5) is 1.98. The molecular weight excluding hydrogens is 301 g/mol. The maximum atomic E-state index is 12.5. The fourth-order valence-corrected chi connectivity index (χ4v) is 2.87. The number of likely N-dealkylation sites (N-methyl/N-ethyl adjacent to an activating group) is 1. The molecule has 120 valence electrons. The van der Waals surface area contributed by atoms with Gasteiger partial charge in [-0.05, 0) is 26.3 Å². The highest BCUT2D eigenvalue weighted by Gasteiger charge is 2.33. The molecule has 2 unspecified atom stereocenters. The van der Waals surface area contributed by atoms with E-state index in [4.69, 9.17) is 5.73 Å². The van der Waals surface area contributed by atoms with Crippen LogP contribution in [0.25, 0.3) is 0 Å². The SMILES string of the molecule is CSCC(C)N(C)C(CN)c1ccccc1OC(F)(F)F. The van der Waals surface area contributed by atoms with Crippen LogP contribution in [0.4, 0.5) is 13.2 Å². The first-order chi connectivity index (χ1) is 9.80. The summed E-state index contributed by atoms with van der Waals surface area (Å²) in [6, 6.07) is 6.01. The Morgan fingerprint density at radius 3 is 2.48 bits per heavy atom. The minimum Gasteiger partial charge on any atom is -0.405 e. The van der Waals surface area contributed by atoms with Crippen LogP contribution in [0.3, 0.4) is 0 Å². The van der Waals surface area contributed by atoms with E-state index >= 15 is 0 Å². The van der Waals surface area contributed by atoms with Crippen molar-refractivity contribution in [2.24, 2.45) is 5.73 Å². The van der Waals surface area contributed by atoms with E-state index in [1.807, 2.05) is 25.1 Å². The standard InChI is InChI=1S/C14H21F3N2OS/c1-10(9-21-3)19(2)12(8-18)11-6-4-5-7-13(11)20-14(15,16)17/h4-7,10,12H,8-9,18H2,1-3H3. The summed E-state index contributed by atoms with van der Waals surface area (Å²) >= 11 is 1.68. The molecule has 1 aromatic carbocycles. The first-order valence-electron chi connectivity index (χ1n) is 6.55. The van der Waals surface area contributed by atoms with E-state index in [-0.39, 0.29) is 24.4 Å². The Kier molecular flexibility index (Phi) is 6.83. The number of alkyl halides is 3. The second-order valence-electron chi connectivity index (χ2n) is 4.81. The van der Waals surface area contributed by atoms with Crippen LogP contribution in [0, 0.1) is 0 Å². The predicted octanol–water partition coefficient (Wildman–Crippen LogP) is 3.27. The van der Waals surface area contributed by atoms with Crippen LogP contribution < -0.4 is 10.5 Å². The fourth-order valence-electron chi connectivity index (χ4n) is 2.15. The zero-order valence-corrected chi connectivity index (χ0v) is 13.2. The van der Waals surface area contributed by atoms with Crippen LogP contribution in [0.5, 0.6) is 5.75 Å². The van der Waals surface area contributed by atoms with Crippen molar-refractivity contribution in [3.63, 3.8) is 0 Å². The van der Waals surface area contributed by atoms with E-state index in [2.05, 4.69) is 4.74 Å². The van der Waals surface area contributed by atoms with Gasteiger partial charge in [-0.25, -0.2) is 0 Å². The topological polar surface area (TPSA) is 38.5 Å². The van der Waals surface area contributed by atoms with Crippen molar-refractivity contribution < 1.29 is 17.9 Å². The van der Waals surface area contributed by atoms with E-state index in [0.717, 1.165) is 5.75 Å². The Balaban J connectivity index is 3.05. The number of ether oxygens (including phenoxy) is 1. The predicted molar refractivity (Wildman–Crippen MR) is 80.5 cm³/mol. The van der Waals surface area contributed by atoms with Gasteiger partial charge in [-0.15, -0.1) is 13.2 Å². The molecule has 0 radical (unpaired) electrons. The fraction of sp³-hybridized carbons (Fsp3) is 0.571. The summed E-state index contributed by atoms with van der Waals surface area (Å²) < 4.78 is 41.6. The average molecular weight is 322 g/mol. The minimum atomic E-state index is -4.71. The van der Waals surface area contributed by atoms with Crippen molar-refractivity contribution in [1.29, 1.82) is 0 Å². The Bertz CT molecular complexity index is 442. The van der Waals surface area contributed by atoms with Gasteiger partial charge in [0.25, 0.3) is 0 Å². The number of benzene rings is 1. The highest BCUT2D eigenvalue weighted by molar-refractivity contribution is 7.98. The van der Waals surface area contributed by atoms with Crippen LogP contribution >= 0.6 is 11.8 Å². The Morgan fingerprint density at radius 1 is 1.33 bits per heavy atom. The zero-order valence-electron chi connectivity index (χ0n) is 12.4. The quantitative estimate of drug-likeness (QED) is 0.836. The number of thioether (sulfide) groups is 1. The molecule has 1 rings (SSSR count). The first kappa shape index (κ1) is 18.1. The second-order valence-corrected chi connectivity index (χ2v) is 5.72. The van der Waals surface area contributed by atoms with Gasteiger partial charge < -0.3 is 10.5 Å². The van der Waals surface area contributed by atoms with E-state index < -0.39 is 6.36 Å². The maximum absolute atomic E-state index is 12.5. The van der Waals surface area contributed by atoms with E-state index in [1.54, 1.807) is 23.9 Å². The van der Waals surface area contributed by atoms with Gasteiger partial charge in [-0.1, -0.05) is 18.2 Å². The third-order valence-electron chi connectivity index (χ3n) is 3.32. The molecule has 0 heterocycles. The van der Waals surface area contributed by atoms with Gasteiger partial charge in [0.05, 0.1) is 6.04 Å². The molecule has 2 N–H and O–H groups in total. The molecule has 0 amide bonds. The maximum Gasteiger partial charge on any atom is 0.573 e. The van der Waals surface area contributed by atoms with Crippen molar-refractivity contribution in [3.05, 3.63) is 29.8 Å². The first-order valence-corrected chi connectivity index (χ1v) is 7.95. The second kappa shape index (κ2) is 7.91. The number of nitrogens with two attached hydrogens (primary N) is 1. The lowest BCUT2D eigenvalue weighted by molar-refractivity contribution is -0.275. The monoisotopic (exact) mass is 322 g/mol. The molecule has 0 fully saturated rings. The minimum absolute atomic E-state index is 0.187. The van der Waals surface area contributed by atoms with Crippen molar-refractivity contribution in [1.82, 2.24) is 4.90 Å². The molecule has 0 saturated heterocycles. The van der Waals surface area contributed by atoms with Gasteiger partial charge in [-0.2, -0.15) is 11.8 Å². The summed E-state index contributed by atoms with van der Waals surface area (Å²) in [5.74, 6) is 0.679. The van der Waals surface area contributed by atoms with Crippen LogP contribution in [0.2, 0.25) is 0 Å². The van der Waals surface area contributed by atoms with Crippen LogP contribution in [-0.4, -0.2) is 42.9 Å². The highest BCUT2D eigenvalue weighted by Crippen LogP contribution is 2.33. The molecule has 2 atom stereocenters. The Morgan fingerprint density at radius 2 is 1.95 bits per heavy atom. The Labute approximate surface area is 127 Å². The summed E-state index contributed by atoms with van der Waals surface area (Å²) in [7, 11) is 1.86. The van der Waals surface area contributed by atoms with Crippen molar-refractivity contribution in [2.75, 3.05) is 25.6 Å². The van der Waals surface area contributed by atoms with E-state index in [0.29, 0.717) is 5.56 Å². The third-order valence-corrected chi connectivity index (χ3v) is 4.14. The third kappa shape index (κ3) is 5.41. The van der Waals surface area contributed by atoms with Gasteiger partial charge in [0.15, 0.2) is 0 Å². The molecule has 0 saturated carbocycles. The van der Waals surface area contributed by atoms with Crippen molar-refractivity contribution >= 4 is 11.8 Å². The van der Waals surface area contributed by atoms with Crippen molar-refractivity contribution in [2.45, 2.75) is 25.4 Å². The summed E-state index contributed by atoms with van der Waals surface area (Å²) in [5, 5.41) is 0. The molecular formula is C14H21F3N2OS. The normalized spacial score (nSPS) is 15.0. The van der Waals surface area contributed by atoms with Crippen molar-refractivity contribution in [3.8, 4) is 5.75 Å². The van der Waals surface area contributed by atoms with Crippen LogP contribution in [0.1, 0.15) is 18.5 Å². The zero-order chi connectivity index (χ0) is 16.0. The lowest BCUT2D eigenvalue weighted by atomic mass is 10.0. The summed E-state index contributed by atoms with van der Waals surface area (Å²) in [6.07, 6.45) is -2.72. The highest BCUT2D eigenvalue weighted by atomic mass is 32.2. The lowest BCUT2D eigenvalue weighted by Gasteiger charge is -2.33. The summed E-state index contributed by atoms with van der Waals surface area (Å²) in [6.45, 7) is 2.24. The molecule has 0 spiro atoms. The average Bonchev–Trinajstić information content (AvgIpc) is 2.40. The van der Waals surface area contributed by atoms with Gasteiger partial charge in [-0.3, -0.25) is 4.90 Å². The van der Waals surface area contributed by atoms with Crippen LogP contribution in [0.15, 0.2) is 24.3 Å². The smallest absolute Gasteiger partial charge is 0.405 e. The molecule has 0 aromatic heterocycles. The van der Waals surface area contributed by atoms with E-state index in [9.17, 15) is 13.2 Å². The Hall–Kier alpha value is -0.920. The lowest BCUT2D eigenvalue weighted by Crippen LogP contribution is -2.38.